The van der Waals surface area contributed by atoms with Gasteiger partial charge in [-0.2, -0.15) is 0 Å². The second kappa shape index (κ2) is 4.25. The Morgan fingerprint density at radius 3 is 2.77 bits per heavy atom. The van der Waals surface area contributed by atoms with E-state index in [9.17, 15) is 0 Å². The van der Waals surface area contributed by atoms with E-state index in [4.69, 9.17) is 4.43 Å². The van der Waals surface area contributed by atoms with Gasteiger partial charge in [0.2, 0.25) is 0 Å². The van der Waals surface area contributed by atoms with Crippen LogP contribution < -0.4 is 0 Å². The van der Waals surface area contributed by atoms with Crippen LogP contribution >= 0.6 is 0 Å². The predicted molar refractivity (Wildman–Crippen MR) is 60.4 cm³/mol. The van der Waals surface area contributed by atoms with Crippen LogP contribution in [0.2, 0.25) is 19.6 Å². The van der Waals surface area contributed by atoms with Gasteiger partial charge < -0.3 is 4.43 Å². The van der Waals surface area contributed by atoms with Crippen LogP contribution in [0.3, 0.4) is 0 Å². The maximum absolute atomic E-state index is 6.03. The van der Waals surface area contributed by atoms with Crippen molar-refractivity contribution in [2.24, 2.45) is 0 Å². The van der Waals surface area contributed by atoms with E-state index in [2.05, 4.69) is 32.3 Å². The van der Waals surface area contributed by atoms with Crippen LogP contribution in [0.5, 0.6) is 0 Å². The fraction of sp³-hybridized carbons (Fsp3) is 0.636. The second-order valence-electron chi connectivity index (χ2n) is 4.61. The van der Waals surface area contributed by atoms with Crippen molar-refractivity contribution < 1.29 is 4.43 Å². The fourth-order valence-corrected chi connectivity index (χ4v) is 2.72. The van der Waals surface area contributed by atoms with E-state index < -0.39 is 8.32 Å². The topological polar surface area (TPSA) is 9.23 Å². The maximum atomic E-state index is 6.03. The summed E-state index contributed by atoms with van der Waals surface area (Å²) in [6.45, 7) is 10.5. The molecule has 1 atom stereocenters. The Balaban J connectivity index is 2.56. The summed E-state index contributed by atoms with van der Waals surface area (Å²) in [6, 6.07) is 0. The summed E-state index contributed by atoms with van der Waals surface area (Å²) in [5, 5.41) is 0. The van der Waals surface area contributed by atoms with Gasteiger partial charge in [-0.1, -0.05) is 24.3 Å². The van der Waals surface area contributed by atoms with Gasteiger partial charge in [0.05, 0.1) is 6.10 Å². The predicted octanol–water partition coefficient (Wildman–Crippen LogP) is 3.50. The minimum Gasteiger partial charge on any atom is -0.411 e. The Kier molecular flexibility index (Phi) is 3.51. The van der Waals surface area contributed by atoms with E-state index in [1.54, 1.807) is 0 Å². The zero-order chi connectivity index (χ0) is 9.90. The van der Waals surface area contributed by atoms with Gasteiger partial charge in [-0.25, -0.2) is 0 Å². The summed E-state index contributed by atoms with van der Waals surface area (Å²) in [6.07, 6.45) is 8.16. The van der Waals surface area contributed by atoms with E-state index in [1.807, 2.05) is 6.08 Å². The average Bonchev–Trinajstić information content (AvgIpc) is 2.01. The average molecular weight is 196 g/mol. The first-order chi connectivity index (χ1) is 6.01. The Hall–Kier alpha value is -0.343. The van der Waals surface area contributed by atoms with Gasteiger partial charge in [0.15, 0.2) is 8.32 Å². The molecule has 0 amide bonds. The second-order valence-corrected chi connectivity index (χ2v) is 9.07. The monoisotopic (exact) mass is 196 g/mol. The smallest absolute Gasteiger partial charge is 0.184 e. The first-order valence-corrected chi connectivity index (χ1v) is 8.43. The molecule has 0 fully saturated rings. The Labute approximate surface area is 82.6 Å². The molecule has 0 aromatic carbocycles. The first kappa shape index (κ1) is 10.7. The van der Waals surface area contributed by atoms with Crippen LogP contribution in [0.15, 0.2) is 24.3 Å². The van der Waals surface area contributed by atoms with Gasteiger partial charge in [0.1, 0.15) is 0 Å². The van der Waals surface area contributed by atoms with Crippen LogP contribution in [0.1, 0.15) is 19.3 Å². The van der Waals surface area contributed by atoms with Crippen molar-refractivity contribution in [3.05, 3.63) is 24.3 Å². The number of hydrogen-bond acceptors (Lipinski definition) is 1. The van der Waals surface area contributed by atoms with Gasteiger partial charge >= 0.3 is 0 Å². The van der Waals surface area contributed by atoms with Crippen molar-refractivity contribution in [1.29, 1.82) is 0 Å². The lowest BCUT2D eigenvalue weighted by Gasteiger charge is -2.27. The number of hydrogen-bond donors (Lipinski definition) is 0. The van der Waals surface area contributed by atoms with Crippen LogP contribution in [0, 0.1) is 0 Å². The molecule has 0 saturated heterocycles. The first-order valence-electron chi connectivity index (χ1n) is 5.02. The SMILES string of the molecule is C=CC1=CC(O[Si](C)(C)C)CCC1. The van der Waals surface area contributed by atoms with Crippen molar-refractivity contribution in [1.82, 2.24) is 0 Å². The highest BCUT2D eigenvalue weighted by atomic mass is 28.4. The van der Waals surface area contributed by atoms with Crippen molar-refractivity contribution in [2.75, 3.05) is 0 Å². The summed E-state index contributed by atoms with van der Waals surface area (Å²) < 4.78 is 6.03. The van der Waals surface area contributed by atoms with Crippen molar-refractivity contribution >= 4 is 8.32 Å². The third-order valence-corrected chi connectivity index (χ3v) is 3.13. The lowest BCUT2D eigenvalue weighted by Crippen LogP contribution is -2.32. The fourth-order valence-electron chi connectivity index (χ4n) is 1.63. The van der Waals surface area contributed by atoms with E-state index in [1.165, 1.54) is 24.8 Å². The molecular weight excluding hydrogens is 176 g/mol. The third kappa shape index (κ3) is 3.92. The third-order valence-electron chi connectivity index (χ3n) is 2.12. The largest absolute Gasteiger partial charge is 0.411 e. The number of rotatable bonds is 3. The molecule has 0 N–H and O–H groups in total. The van der Waals surface area contributed by atoms with Gasteiger partial charge in [-0.15, -0.1) is 0 Å². The maximum Gasteiger partial charge on any atom is 0.184 e. The molecule has 0 aliphatic heterocycles. The highest BCUT2D eigenvalue weighted by Crippen LogP contribution is 2.23. The normalized spacial score (nSPS) is 23.9. The van der Waals surface area contributed by atoms with Crippen LogP contribution in [0.25, 0.3) is 0 Å². The van der Waals surface area contributed by atoms with Gasteiger partial charge in [-0.05, 0) is 38.9 Å². The lowest BCUT2D eigenvalue weighted by atomic mass is 9.98. The molecule has 1 rings (SSSR count). The summed E-state index contributed by atoms with van der Waals surface area (Å²) in [7, 11) is -1.37. The highest BCUT2D eigenvalue weighted by molar-refractivity contribution is 6.69. The van der Waals surface area contributed by atoms with E-state index >= 15 is 0 Å². The van der Waals surface area contributed by atoms with Gasteiger partial charge in [0.25, 0.3) is 0 Å². The molecule has 0 bridgehead atoms. The van der Waals surface area contributed by atoms with E-state index in [0.29, 0.717) is 6.10 Å². The highest BCUT2D eigenvalue weighted by Gasteiger charge is 2.21. The molecule has 74 valence electrons. The quantitative estimate of drug-likeness (QED) is 0.628. The summed E-state index contributed by atoms with van der Waals surface area (Å²) in [5.41, 5.74) is 1.36. The molecule has 1 nitrogen and oxygen atoms in total. The van der Waals surface area contributed by atoms with Crippen molar-refractivity contribution in [3.63, 3.8) is 0 Å². The van der Waals surface area contributed by atoms with Gasteiger partial charge in [0, 0.05) is 0 Å². The summed E-state index contributed by atoms with van der Waals surface area (Å²) >= 11 is 0. The molecule has 2 heteroatoms. The molecule has 0 heterocycles. The minimum absolute atomic E-state index is 0.355. The Bertz CT molecular complexity index is 213. The molecular formula is C11H20OSi. The van der Waals surface area contributed by atoms with Crippen LogP contribution in [-0.2, 0) is 4.43 Å². The molecule has 1 unspecified atom stereocenters. The molecule has 1 aliphatic carbocycles. The lowest BCUT2D eigenvalue weighted by molar-refractivity contribution is 0.221. The Morgan fingerprint density at radius 1 is 1.54 bits per heavy atom. The van der Waals surface area contributed by atoms with E-state index in [0.717, 1.165) is 0 Å². The zero-order valence-electron chi connectivity index (χ0n) is 8.97. The van der Waals surface area contributed by atoms with Crippen molar-refractivity contribution in [3.8, 4) is 0 Å². The molecule has 0 aromatic heterocycles. The minimum atomic E-state index is -1.37. The number of allylic oxidation sites excluding steroid dienone is 2. The van der Waals surface area contributed by atoms with E-state index in [-0.39, 0.29) is 0 Å². The molecule has 0 radical (unpaired) electrons. The van der Waals surface area contributed by atoms with Crippen molar-refractivity contribution in [2.45, 2.75) is 45.0 Å². The molecule has 0 saturated carbocycles. The molecule has 0 aromatic rings. The molecule has 1 aliphatic rings. The van der Waals surface area contributed by atoms with Gasteiger partial charge in [-0.3, -0.25) is 0 Å². The standard InChI is InChI=1S/C11H20OSi/c1-5-10-7-6-8-11(9-10)12-13(2,3)4/h5,9,11H,1,6-8H2,2-4H3. The summed E-state index contributed by atoms with van der Waals surface area (Å²) in [4.78, 5) is 0. The van der Waals surface area contributed by atoms with Crippen LogP contribution in [-0.4, -0.2) is 14.4 Å². The molecule has 0 spiro atoms. The summed E-state index contributed by atoms with van der Waals surface area (Å²) in [5.74, 6) is 0. The Morgan fingerprint density at radius 2 is 2.23 bits per heavy atom. The molecule has 13 heavy (non-hydrogen) atoms. The zero-order valence-corrected chi connectivity index (χ0v) is 9.97. The van der Waals surface area contributed by atoms with Crippen LogP contribution in [0.4, 0.5) is 0 Å².